The molecule has 2 heterocycles. The van der Waals surface area contributed by atoms with Gasteiger partial charge in [0.2, 0.25) is 5.60 Å². The molecule has 2 aliphatic carbocycles. The summed E-state index contributed by atoms with van der Waals surface area (Å²) in [4.78, 5) is 17.0. The van der Waals surface area contributed by atoms with E-state index in [9.17, 15) is 9.90 Å². The van der Waals surface area contributed by atoms with E-state index in [1.807, 2.05) is 47.2 Å². The van der Waals surface area contributed by atoms with Crippen LogP contribution in [0.5, 0.6) is 5.75 Å². The molecule has 2 saturated carbocycles. The van der Waals surface area contributed by atoms with E-state index in [-0.39, 0.29) is 12.0 Å². The molecular weight excluding hydrogens is 490 g/mol. The van der Waals surface area contributed by atoms with Gasteiger partial charge in [-0.3, -0.25) is 4.90 Å². The minimum atomic E-state index is -1.76. The fraction of sp³-hybridized carbons (Fsp3) is 0.423. The first-order chi connectivity index (χ1) is 16.5. The monoisotopic (exact) mass is 517 g/mol. The number of nitrogens with zero attached hydrogens (tertiary/aromatic N) is 1. The normalized spacial score (nSPS) is 24.0. The molecule has 2 fully saturated rings. The van der Waals surface area contributed by atoms with E-state index in [0.717, 1.165) is 25.8 Å². The molecule has 0 radical (unpaired) electrons. The zero-order chi connectivity index (χ0) is 23.7. The molecule has 2 aliphatic rings. The average Bonchev–Trinajstić information content (AvgIpc) is 3.65. The predicted molar refractivity (Wildman–Crippen MR) is 136 cm³/mol. The number of benzene rings is 1. The lowest BCUT2D eigenvalue weighted by Gasteiger charge is -2.32. The third-order valence-electron chi connectivity index (χ3n) is 7.19. The Kier molecular flexibility index (Phi) is 7.00. The molecule has 1 N–H and O–H groups in total. The van der Waals surface area contributed by atoms with E-state index in [4.69, 9.17) is 21.1 Å². The van der Waals surface area contributed by atoms with Crippen molar-refractivity contribution >= 4 is 40.2 Å². The van der Waals surface area contributed by atoms with Crippen LogP contribution in [0.2, 0.25) is 5.02 Å². The molecule has 0 saturated heterocycles. The number of halogens is 1. The second kappa shape index (κ2) is 9.99. The van der Waals surface area contributed by atoms with Crippen LogP contribution < -0.4 is 4.74 Å². The maximum Gasteiger partial charge on any atom is 0.349 e. The zero-order valence-corrected chi connectivity index (χ0v) is 21.3. The molecule has 8 heteroatoms. The molecule has 3 aromatic rings. The molecule has 2 aromatic heterocycles. The summed E-state index contributed by atoms with van der Waals surface area (Å²) in [6.07, 6.45) is 2.90. The molecular formula is C26H28ClNO4S2. The highest BCUT2D eigenvalue weighted by Crippen LogP contribution is 2.49. The number of carbonyl (C=O) groups excluding carboxylic acids is 1. The van der Waals surface area contributed by atoms with Gasteiger partial charge in [0.05, 0.1) is 14.8 Å². The first-order valence-electron chi connectivity index (χ1n) is 11.6. The number of thiophene rings is 2. The van der Waals surface area contributed by atoms with Crippen molar-refractivity contribution in [3.8, 4) is 5.75 Å². The van der Waals surface area contributed by atoms with Crippen LogP contribution >= 0.6 is 34.3 Å². The van der Waals surface area contributed by atoms with Gasteiger partial charge in [-0.05, 0) is 67.3 Å². The Hall–Kier alpha value is -1.90. The van der Waals surface area contributed by atoms with Crippen LogP contribution in [0.15, 0.2) is 59.3 Å². The van der Waals surface area contributed by atoms with Gasteiger partial charge < -0.3 is 14.6 Å². The molecule has 0 aliphatic heterocycles. The number of esters is 1. The summed E-state index contributed by atoms with van der Waals surface area (Å²) in [5, 5.41) is 15.9. The third kappa shape index (κ3) is 4.40. The van der Waals surface area contributed by atoms with E-state index in [2.05, 4.69) is 11.9 Å². The van der Waals surface area contributed by atoms with E-state index in [1.54, 1.807) is 12.1 Å². The van der Waals surface area contributed by atoms with Crippen molar-refractivity contribution in [1.82, 2.24) is 4.90 Å². The molecule has 2 bridgehead atoms. The first kappa shape index (κ1) is 23.8. The minimum Gasteiger partial charge on any atom is -0.491 e. The van der Waals surface area contributed by atoms with Crippen molar-refractivity contribution in [2.75, 3.05) is 20.2 Å². The molecule has 34 heavy (non-hydrogen) atoms. The molecule has 0 spiro atoms. The standard InChI is InChI=1S/C26H28ClNO4S2/c1-28(12-13-31-21-7-3-2-6-19(21)27)20-16-17-10-11-18(20)24(17)32-25(29)26(30,22-8-4-14-33-22)23-9-5-15-34-23/h2-9,14-15,17-18,20,24,30H,10-13,16H2,1H3/t17?,18?,20-,24?/m1/s1. The number of likely N-dealkylation sites (N-methyl/N-ethyl adjacent to an activating group) is 1. The summed E-state index contributed by atoms with van der Waals surface area (Å²) in [7, 11) is 2.11. The number of aliphatic hydroxyl groups is 1. The van der Waals surface area contributed by atoms with Gasteiger partial charge in [-0.2, -0.15) is 0 Å². The van der Waals surface area contributed by atoms with Crippen LogP contribution in [-0.4, -0.2) is 48.3 Å². The Labute approximate surface area is 212 Å². The lowest BCUT2D eigenvalue weighted by molar-refractivity contribution is -0.170. The number of hydrogen-bond acceptors (Lipinski definition) is 7. The average molecular weight is 518 g/mol. The molecule has 180 valence electrons. The van der Waals surface area contributed by atoms with Gasteiger partial charge in [0.1, 0.15) is 18.5 Å². The number of hydrogen-bond donors (Lipinski definition) is 1. The van der Waals surface area contributed by atoms with Crippen molar-refractivity contribution in [2.45, 2.75) is 37.0 Å². The van der Waals surface area contributed by atoms with Crippen LogP contribution in [0.25, 0.3) is 0 Å². The van der Waals surface area contributed by atoms with E-state index >= 15 is 0 Å². The van der Waals surface area contributed by atoms with E-state index in [1.165, 1.54) is 22.7 Å². The second-order valence-electron chi connectivity index (χ2n) is 9.10. The molecule has 3 unspecified atom stereocenters. The van der Waals surface area contributed by atoms with Crippen LogP contribution in [-0.2, 0) is 15.1 Å². The summed E-state index contributed by atoms with van der Waals surface area (Å²) in [6, 6.07) is 15.1. The fourth-order valence-corrected chi connectivity index (χ4v) is 7.36. The molecule has 0 amide bonds. The van der Waals surface area contributed by atoms with Crippen LogP contribution in [0.1, 0.15) is 29.0 Å². The Morgan fingerprint density at radius 1 is 1.12 bits per heavy atom. The number of carbonyl (C=O) groups is 1. The van der Waals surface area contributed by atoms with Gasteiger partial charge in [0, 0.05) is 18.5 Å². The highest BCUT2D eigenvalue weighted by Gasteiger charge is 2.54. The second-order valence-corrected chi connectivity index (χ2v) is 11.4. The Balaban J connectivity index is 1.24. The van der Waals surface area contributed by atoms with Gasteiger partial charge in [0.15, 0.2) is 0 Å². The van der Waals surface area contributed by atoms with Crippen molar-refractivity contribution in [1.29, 1.82) is 0 Å². The molecule has 4 atom stereocenters. The maximum absolute atomic E-state index is 13.5. The Morgan fingerprint density at radius 2 is 1.82 bits per heavy atom. The lowest BCUT2D eigenvalue weighted by Crippen LogP contribution is -2.42. The van der Waals surface area contributed by atoms with Gasteiger partial charge in [-0.1, -0.05) is 35.9 Å². The van der Waals surface area contributed by atoms with Crippen LogP contribution in [0.4, 0.5) is 0 Å². The molecule has 1 aromatic carbocycles. The topological polar surface area (TPSA) is 59.0 Å². The summed E-state index contributed by atoms with van der Waals surface area (Å²) in [5.74, 6) is 0.709. The summed E-state index contributed by atoms with van der Waals surface area (Å²) < 4.78 is 12.0. The van der Waals surface area contributed by atoms with Crippen molar-refractivity contribution in [3.05, 3.63) is 74.1 Å². The maximum atomic E-state index is 13.5. The van der Waals surface area contributed by atoms with Crippen molar-refractivity contribution in [2.24, 2.45) is 11.8 Å². The summed E-state index contributed by atoms with van der Waals surface area (Å²) in [5.41, 5.74) is -1.76. The van der Waals surface area contributed by atoms with Gasteiger partial charge in [-0.25, -0.2) is 4.79 Å². The lowest BCUT2D eigenvalue weighted by atomic mass is 9.94. The van der Waals surface area contributed by atoms with Crippen molar-refractivity contribution in [3.63, 3.8) is 0 Å². The molecule has 5 rings (SSSR count). The highest BCUT2D eigenvalue weighted by atomic mass is 35.5. The van der Waals surface area contributed by atoms with E-state index in [0.29, 0.717) is 39.1 Å². The van der Waals surface area contributed by atoms with Gasteiger partial charge in [0.25, 0.3) is 0 Å². The predicted octanol–water partition coefficient (Wildman–Crippen LogP) is 5.42. The Bertz CT molecular complexity index is 1070. The summed E-state index contributed by atoms with van der Waals surface area (Å²) in [6.45, 7) is 1.29. The van der Waals surface area contributed by atoms with Gasteiger partial charge in [-0.15, -0.1) is 22.7 Å². The van der Waals surface area contributed by atoms with Gasteiger partial charge >= 0.3 is 5.97 Å². The SMILES string of the molecule is CN(CCOc1ccccc1Cl)[C@@H]1CC2CCC1C2OC(=O)C(O)(c1cccs1)c1cccs1. The number of ether oxygens (including phenoxy) is 2. The van der Waals surface area contributed by atoms with Crippen LogP contribution in [0.3, 0.4) is 0 Å². The first-order valence-corrected chi connectivity index (χ1v) is 13.7. The smallest absolute Gasteiger partial charge is 0.349 e. The largest absolute Gasteiger partial charge is 0.491 e. The number of fused-ring (bicyclic) bond motifs is 2. The number of rotatable bonds is 9. The number of para-hydroxylation sites is 1. The van der Waals surface area contributed by atoms with E-state index < -0.39 is 11.6 Å². The Morgan fingerprint density at radius 3 is 2.47 bits per heavy atom. The summed E-state index contributed by atoms with van der Waals surface area (Å²) >= 11 is 8.93. The van der Waals surface area contributed by atoms with Crippen LogP contribution in [0, 0.1) is 11.8 Å². The minimum absolute atomic E-state index is 0.170. The zero-order valence-electron chi connectivity index (χ0n) is 18.9. The highest BCUT2D eigenvalue weighted by molar-refractivity contribution is 7.12. The fourth-order valence-electron chi connectivity index (χ4n) is 5.45. The quantitative estimate of drug-likeness (QED) is 0.384. The van der Waals surface area contributed by atoms with Crippen molar-refractivity contribution < 1.29 is 19.4 Å². The molecule has 5 nitrogen and oxygen atoms in total. The third-order valence-corrected chi connectivity index (χ3v) is 9.46.